The number of anilines is 1. The Hall–Kier alpha value is -4.37. The van der Waals surface area contributed by atoms with Crippen molar-refractivity contribution >= 4 is 49.2 Å². The molecule has 0 saturated heterocycles. The monoisotopic (exact) mass is 455 g/mol. The van der Waals surface area contributed by atoms with E-state index in [1.54, 1.807) is 36.4 Å². The van der Waals surface area contributed by atoms with E-state index in [-0.39, 0.29) is 22.4 Å². The van der Waals surface area contributed by atoms with Crippen molar-refractivity contribution in [2.45, 2.75) is 6.04 Å². The number of nitro benzene ring substituents is 1. The molecule has 5 aromatic rings. The number of rotatable bonds is 3. The Morgan fingerprint density at radius 3 is 2.45 bits per heavy atom. The molecule has 1 amide bonds. The van der Waals surface area contributed by atoms with Crippen LogP contribution in [0, 0.1) is 10.1 Å². The fraction of sp³-hybridized carbons (Fsp3) is 0.0417. The topological polar surface area (TPSA) is 107 Å². The largest absolute Gasteiger partial charge is 0.450 e. The second-order valence-electron chi connectivity index (χ2n) is 7.56. The van der Waals surface area contributed by atoms with Crippen LogP contribution in [0.4, 0.5) is 10.8 Å². The Morgan fingerprint density at radius 1 is 0.970 bits per heavy atom. The van der Waals surface area contributed by atoms with E-state index in [4.69, 9.17) is 4.42 Å². The quantitative estimate of drug-likeness (QED) is 0.278. The Bertz CT molecular complexity index is 1620. The molecule has 6 rings (SSSR count). The summed E-state index contributed by atoms with van der Waals surface area (Å²) in [5, 5.41) is 11.9. The minimum absolute atomic E-state index is 0.0405. The van der Waals surface area contributed by atoms with E-state index in [2.05, 4.69) is 4.98 Å². The number of nitro groups is 1. The summed E-state index contributed by atoms with van der Waals surface area (Å²) in [5.41, 5.74) is 1.41. The zero-order valence-electron chi connectivity index (χ0n) is 16.8. The third-order valence-electron chi connectivity index (χ3n) is 5.69. The van der Waals surface area contributed by atoms with Crippen molar-refractivity contribution in [2.24, 2.45) is 0 Å². The molecule has 0 saturated carbocycles. The average Bonchev–Trinajstić information content (AvgIpc) is 3.38. The van der Waals surface area contributed by atoms with Gasteiger partial charge in [-0.05, 0) is 42.0 Å². The van der Waals surface area contributed by atoms with Gasteiger partial charge in [0.25, 0.3) is 11.6 Å². The van der Waals surface area contributed by atoms with Gasteiger partial charge in [-0.15, -0.1) is 0 Å². The Morgan fingerprint density at radius 2 is 1.70 bits per heavy atom. The van der Waals surface area contributed by atoms with Crippen LogP contribution in [0.5, 0.6) is 0 Å². The molecule has 9 heteroatoms. The SMILES string of the molecule is O=C1c2oc3ccccc3c(=O)c2[C@H](c2ccc([N+](=O)[O-])cc2)N1c1nc2ccccc2s1. The first-order chi connectivity index (χ1) is 16.0. The number of aromatic nitrogens is 1. The molecule has 160 valence electrons. The van der Waals surface area contributed by atoms with Gasteiger partial charge in [-0.25, -0.2) is 4.98 Å². The smallest absolute Gasteiger partial charge is 0.297 e. The van der Waals surface area contributed by atoms with Crippen LogP contribution in [0.2, 0.25) is 0 Å². The van der Waals surface area contributed by atoms with Crippen molar-refractivity contribution in [2.75, 3.05) is 4.90 Å². The summed E-state index contributed by atoms with van der Waals surface area (Å²) < 4.78 is 6.81. The predicted octanol–water partition coefficient (Wildman–Crippen LogP) is 5.06. The molecule has 3 heterocycles. The van der Waals surface area contributed by atoms with Gasteiger partial charge in [0.05, 0.1) is 32.1 Å². The normalized spacial score (nSPS) is 15.3. The lowest BCUT2D eigenvalue weighted by atomic mass is 9.98. The third-order valence-corrected chi connectivity index (χ3v) is 6.72. The van der Waals surface area contributed by atoms with E-state index in [1.807, 2.05) is 24.3 Å². The number of hydrogen-bond acceptors (Lipinski definition) is 7. The lowest BCUT2D eigenvalue weighted by Crippen LogP contribution is -2.29. The van der Waals surface area contributed by atoms with Crippen LogP contribution in [0.3, 0.4) is 0 Å². The van der Waals surface area contributed by atoms with Crippen molar-refractivity contribution in [1.82, 2.24) is 4.98 Å². The number of carbonyl (C=O) groups is 1. The maximum atomic E-state index is 13.6. The summed E-state index contributed by atoms with van der Waals surface area (Å²) in [7, 11) is 0. The molecule has 0 aliphatic carbocycles. The van der Waals surface area contributed by atoms with Crippen LogP contribution < -0.4 is 10.3 Å². The predicted molar refractivity (Wildman–Crippen MR) is 124 cm³/mol. The molecule has 8 nitrogen and oxygen atoms in total. The lowest BCUT2D eigenvalue weighted by molar-refractivity contribution is -0.384. The molecule has 0 bridgehead atoms. The first kappa shape index (κ1) is 19.3. The summed E-state index contributed by atoms with van der Waals surface area (Å²) in [6.07, 6.45) is 0. The minimum atomic E-state index is -0.824. The molecule has 0 unspecified atom stereocenters. The number of hydrogen-bond donors (Lipinski definition) is 0. The number of thiazole rings is 1. The van der Waals surface area contributed by atoms with Crippen LogP contribution >= 0.6 is 11.3 Å². The molecule has 0 radical (unpaired) electrons. The van der Waals surface area contributed by atoms with Gasteiger partial charge in [-0.2, -0.15) is 0 Å². The summed E-state index contributed by atoms with van der Waals surface area (Å²) in [6.45, 7) is 0. The molecule has 0 N–H and O–H groups in total. The van der Waals surface area contributed by atoms with Crippen LogP contribution in [0.1, 0.15) is 27.7 Å². The number of carbonyl (C=O) groups excluding carboxylic acids is 1. The highest BCUT2D eigenvalue weighted by atomic mass is 32.1. The van der Waals surface area contributed by atoms with Gasteiger partial charge < -0.3 is 4.42 Å². The standard InChI is InChI=1S/C24H13N3O5S/c28-21-15-5-1-3-7-17(15)32-22-19(21)20(13-9-11-14(12-10-13)27(30)31)26(23(22)29)24-25-16-6-2-4-8-18(16)33-24/h1-12,20H/t20-/m0/s1. The number of amides is 1. The van der Waals surface area contributed by atoms with E-state index >= 15 is 0 Å². The van der Waals surface area contributed by atoms with Crippen LogP contribution in [0.25, 0.3) is 21.2 Å². The van der Waals surface area contributed by atoms with Crippen LogP contribution in [-0.2, 0) is 0 Å². The molecule has 0 spiro atoms. The highest BCUT2D eigenvalue weighted by Crippen LogP contribution is 2.43. The highest BCUT2D eigenvalue weighted by Gasteiger charge is 2.45. The molecular formula is C24H13N3O5S. The summed E-state index contributed by atoms with van der Waals surface area (Å²) in [4.78, 5) is 43.8. The van der Waals surface area contributed by atoms with Gasteiger partial charge in [0.2, 0.25) is 5.76 Å². The second kappa shape index (κ2) is 7.07. The fourth-order valence-corrected chi connectivity index (χ4v) is 5.17. The molecule has 2 aromatic heterocycles. The Kier molecular flexibility index (Phi) is 4.14. The minimum Gasteiger partial charge on any atom is -0.450 e. The fourth-order valence-electron chi connectivity index (χ4n) is 4.17. The third kappa shape index (κ3) is 2.86. The van der Waals surface area contributed by atoms with E-state index < -0.39 is 16.9 Å². The Balaban J connectivity index is 1.62. The van der Waals surface area contributed by atoms with Crippen molar-refractivity contribution in [1.29, 1.82) is 0 Å². The van der Waals surface area contributed by atoms with E-state index in [0.29, 0.717) is 21.7 Å². The number of nitrogens with zero attached hydrogens (tertiary/aromatic N) is 3. The molecular weight excluding hydrogens is 442 g/mol. The van der Waals surface area contributed by atoms with Crippen LogP contribution in [-0.4, -0.2) is 15.8 Å². The van der Waals surface area contributed by atoms with Gasteiger partial charge in [-0.1, -0.05) is 35.6 Å². The van der Waals surface area contributed by atoms with E-state index in [1.165, 1.54) is 28.4 Å². The molecule has 1 atom stereocenters. The number of fused-ring (bicyclic) bond motifs is 3. The molecule has 0 fully saturated rings. The maximum Gasteiger partial charge on any atom is 0.297 e. The van der Waals surface area contributed by atoms with Gasteiger partial charge in [-0.3, -0.25) is 24.6 Å². The molecule has 33 heavy (non-hydrogen) atoms. The van der Waals surface area contributed by atoms with Crippen molar-refractivity contribution < 1.29 is 14.1 Å². The first-order valence-corrected chi connectivity index (χ1v) is 10.8. The summed E-state index contributed by atoms with van der Waals surface area (Å²) in [5.74, 6) is -0.517. The zero-order valence-corrected chi connectivity index (χ0v) is 17.6. The maximum absolute atomic E-state index is 13.6. The van der Waals surface area contributed by atoms with Gasteiger partial charge in [0.15, 0.2) is 10.6 Å². The number of benzene rings is 3. The summed E-state index contributed by atoms with van der Waals surface area (Å²) in [6, 6.07) is 19.3. The van der Waals surface area contributed by atoms with E-state index in [0.717, 1.165) is 10.2 Å². The van der Waals surface area contributed by atoms with Crippen molar-refractivity contribution in [3.05, 3.63) is 110 Å². The van der Waals surface area contributed by atoms with Gasteiger partial charge in [0, 0.05) is 12.1 Å². The molecule has 1 aliphatic heterocycles. The number of non-ortho nitro benzene ring substituents is 1. The van der Waals surface area contributed by atoms with Gasteiger partial charge >= 0.3 is 0 Å². The van der Waals surface area contributed by atoms with Crippen molar-refractivity contribution in [3.63, 3.8) is 0 Å². The first-order valence-electron chi connectivity index (χ1n) is 10.0. The van der Waals surface area contributed by atoms with E-state index in [9.17, 15) is 19.7 Å². The zero-order chi connectivity index (χ0) is 22.7. The van der Waals surface area contributed by atoms with Crippen LogP contribution in [0.15, 0.2) is 82.0 Å². The molecule has 1 aliphatic rings. The Labute approximate surface area is 189 Å². The summed E-state index contributed by atoms with van der Waals surface area (Å²) >= 11 is 1.33. The second-order valence-corrected chi connectivity index (χ2v) is 8.57. The number of para-hydroxylation sites is 2. The van der Waals surface area contributed by atoms with Crippen molar-refractivity contribution in [3.8, 4) is 0 Å². The average molecular weight is 455 g/mol. The molecule has 3 aromatic carbocycles. The lowest BCUT2D eigenvalue weighted by Gasteiger charge is -2.22. The highest BCUT2D eigenvalue weighted by molar-refractivity contribution is 7.22. The van der Waals surface area contributed by atoms with Gasteiger partial charge in [0.1, 0.15) is 5.58 Å².